The van der Waals surface area contributed by atoms with Crippen molar-refractivity contribution in [3.8, 4) is 0 Å². The van der Waals surface area contributed by atoms with Crippen LogP contribution in [0.15, 0.2) is 34.2 Å². The van der Waals surface area contributed by atoms with Crippen LogP contribution in [-0.2, 0) is 23.1 Å². The van der Waals surface area contributed by atoms with Crippen molar-refractivity contribution in [2.45, 2.75) is 38.8 Å². The Balaban J connectivity index is 2.01. The average Bonchev–Trinajstić information content (AvgIpc) is 2.95. The van der Waals surface area contributed by atoms with Crippen molar-refractivity contribution < 1.29 is 8.42 Å². The van der Waals surface area contributed by atoms with Gasteiger partial charge in [-0.1, -0.05) is 12.1 Å². The van der Waals surface area contributed by atoms with E-state index in [0.717, 1.165) is 22.8 Å². The molecule has 3 N–H and O–H groups in total. The lowest BCUT2D eigenvalue weighted by molar-refractivity contribution is 0.588. The van der Waals surface area contributed by atoms with E-state index in [-0.39, 0.29) is 4.90 Å². The van der Waals surface area contributed by atoms with E-state index in [2.05, 4.69) is 32.3 Å². The van der Waals surface area contributed by atoms with E-state index in [4.69, 9.17) is 0 Å². The van der Waals surface area contributed by atoms with Gasteiger partial charge in [-0.05, 0) is 45.5 Å². The molecule has 0 atom stereocenters. The third-order valence-electron chi connectivity index (χ3n) is 3.75. The van der Waals surface area contributed by atoms with Gasteiger partial charge in [0.15, 0.2) is 5.96 Å². The Morgan fingerprint density at radius 1 is 1.19 bits per heavy atom. The zero-order valence-corrected chi connectivity index (χ0v) is 17.1. The molecule has 0 aliphatic carbocycles. The normalized spacial score (nSPS) is 12.2. The molecule has 0 bridgehead atoms. The summed E-state index contributed by atoms with van der Waals surface area (Å²) in [5.41, 5.74) is 1.99. The molecule has 142 valence electrons. The molecule has 0 saturated heterocycles. The van der Waals surface area contributed by atoms with E-state index in [1.807, 2.05) is 13.8 Å². The summed E-state index contributed by atoms with van der Waals surface area (Å²) in [7, 11) is -2.02. The maximum absolute atomic E-state index is 11.7. The third-order valence-corrected chi connectivity index (χ3v) is 6.25. The number of sulfonamides is 1. The molecule has 0 unspecified atom stereocenters. The Morgan fingerprint density at radius 2 is 1.88 bits per heavy atom. The van der Waals surface area contributed by atoms with Crippen LogP contribution in [0, 0.1) is 13.8 Å². The van der Waals surface area contributed by atoms with Crippen LogP contribution in [0.1, 0.15) is 28.1 Å². The molecule has 1 heterocycles. The zero-order valence-electron chi connectivity index (χ0n) is 15.5. The van der Waals surface area contributed by atoms with Gasteiger partial charge in [0, 0.05) is 11.4 Å². The lowest BCUT2D eigenvalue weighted by Crippen LogP contribution is -2.36. The first-order valence-electron chi connectivity index (χ1n) is 8.33. The van der Waals surface area contributed by atoms with Gasteiger partial charge >= 0.3 is 0 Å². The molecule has 0 fully saturated rings. The highest BCUT2D eigenvalue weighted by Gasteiger charge is 2.10. The van der Waals surface area contributed by atoms with Gasteiger partial charge in [-0.25, -0.2) is 23.1 Å². The van der Waals surface area contributed by atoms with Crippen molar-refractivity contribution in [3.63, 3.8) is 0 Å². The van der Waals surface area contributed by atoms with E-state index in [9.17, 15) is 8.42 Å². The Morgan fingerprint density at radius 3 is 2.42 bits per heavy atom. The van der Waals surface area contributed by atoms with Crippen molar-refractivity contribution in [1.29, 1.82) is 0 Å². The number of rotatable bonds is 7. The fourth-order valence-corrected chi connectivity index (χ4v) is 3.78. The Hall–Kier alpha value is -1.97. The third kappa shape index (κ3) is 5.52. The van der Waals surface area contributed by atoms with Crippen molar-refractivity contribution in [1.82, 2.24) is 20.3 Å². The van der Waals surface area contributed by atoms with Gasteiger partial charge in [0.05, 0.1) is 23.7 Å². The fourth-order valence-electron chi connectivity index (χ4n) is 2.18. The number of aryl methyl sites for hydroxylation is 2. The number of hydrogen-bond acceptors (Lipinski definition) is 5. The number of aliphatic imine (C=N–C) groups is 1. The number of benzene rings is 1. The summed E-state index contributed by atoms with van der Waals surface area (Å²) in [6.45, 7) is 7.89. The molecular weight excluding hydrogens is 370 g/mol. The Labute approximate surface area is 159 Å². The lowest BCUT2D eigenvalue weighted by Gasteiger charge is -2.10. The van der Waals surface area contributed by atoms with Crippen molar-refractivity contribution in [2.75, 3.05) is 13.6 Å². The van der Waals surface area contributed by atoms with Gasteiger partial charge in [-0.15, -0.1) is 11.3 Å². The Bertz CT molecular complexity index is 838. The molecule has 2 rings (SSSR count). The van der Waals surface area contributed by atoms with Gasteiger partial charge in [0.25, 0.3) is 0 Å². The summed E-state index contributed by atoms with van der Waals surface area (Å²) < 4.78 is 25.8. The second-order valence-electron chi connectivity index (χ2n) is 5.65. The molecule has 1 aromatic heterocycles. The number of nitrogens with zero attached hydrogens (tertiary/aromatic N) is 2. The second-order valence-corrected chi connectivity index (χ2v) is 8.82. The monoisotopic (exact) mass is 395 g/mol. The number of thiazole rings is 1. The maximum atomic E-state index is 11.7. The largest absolute Gasteiger partial charge is 0.357 e. The summed E-state index contributed by atoms with van der Waals surface area (Å²) in [5, 5.41) is 7.49. The van der Waals surface area contributed by atoms with Crippen molar-refractivity contribution in [3.05, 3.63) is 45.4 Å². The van der Waals surface area contributed by atoms with Gasteiger partial charge in [-0.3, -0.25) is 0 Å². The van der Waals surface area contributed by atoms with Gasteiger partial charge in [-0.2, -0.15) is 0 Å². The fraction of sp³-hybridized carbons (Fsp3) is 0.412. The molecule has 0 amide bonds. The summed E-state index contributed by atoms with van der Waals surface area (Å²) in [5.74, 6) is 0.699. The molecule has 0 spiro atoms. The molecule has 7 nitrogen and oxygen atoms in total. The molecule has 0 radical (unpaired) electrons. The van der Waals surface area contributed by atoms with Crippen LogP contribution in [-0.4, -0.2) is 33.0 Å². The lowest BCUT2D eigenvalue weighted by atomic mass is 10.2. The topological polar surface area (TPSA) is 95.5 Å². The molecule has 9 heteroatoms. The predicted molar refractivity (Wildman–Crippen MR) is 106 cm³/mol. The van der Waals surface area contributed by atoms with E-state index < -0.39 is 10.0 Å². The Kier molecular flexibility index (Phi) is 7.13. The number of aromatic nitrogens is 1. The highest BCUT2D eigenvalue weighted by Crippen LogP contribution is 2.16. The zero-order chi connectivity index (χ0) is 19.2. The highest BCUT2D eigenvalue weighted by molar-refractivity contribution is 7.89. The van der Waals surface area contributed by atoms with Crippen LogP contribution in [0.5, 0.6) is 0 Å². The van der Waals surface area contributed by atoms with Gasteiger partial charge < -0.3 is 10.6 Å². The number of nitrogens with one attached hydrogen (secondary N) is 3. The van der Waals surface area contributed by atoms with Crippen molar-refractivity contribution in [2.24, 2.45) is 4.99 Å². The summed E-state index contributed by atoms with van der Waals surface area (Å²) >= 11 is 1.68. The summed E-state index contributed by atoms with van der Waals surface area (Å²) in [6, 6.07) is 6.70. The minimum Gasteiger partial charge on any atom is -0.357 e. The SMILES string of the molecule is CCNC(=NCc1ccc(S(=O)(=O)NC)cc1)NCc1nc(C)c(C)s1. The average molecular weight is 396 g/mol. The molecule has 1 aromatic carbocycles. The van der Waals surface area contributed by atoms with Crippen LogP contribution in [0.4, 0.5) is 0 Å². The first kappa shape index (κ1) is 20.3. The summed E-state index contributed by atoms with van der Waals surface area (Å²) in [6.07, 6.45) is 0. The first-order chi connectivity index (χ1) is 12.4. The van der Waals surface area contributed by atoms with Crippen molar-refractivity contribution >= 4 is 27.3 Å². The van der Waals surface area contributed by atoms with Crippen LogP contribution in [0.25, 0.3) is 0 Å². The van der Waals surface area contributed by atoms with Crippen LogP contribution < -0.4 is 15.4 Å². The maximum Gasteiger partial charge on any atom is 0.240 e. The predicted octanol–water partition coefficient (Wildman–Crippen LogP) is 1.92. The standard InChI is InChI=1S/C17H25N5O2S2/c1-5-19-17(21-11-16-22-12(2)13(3)25-16)20-10-14-6-8-15(9-7-14)26(23,24)18-4/h6-9,18H,5,10-11H2,1-4H3,(H2,19,20,21). The van der Waals surface area contributed by atoms with Gasteiger partial charge in [0.2, 0.25) is 10.0 Å². The number of hydrogen-bond donors (Lipinski definition) is 3. The molecule has 0 aliphatic heterocycles. The van der Waals surface area contributed by atoms with E-state index in [0.29, 0.717) is 19.0 Å². The minimum atomic E-state index is -3.41. The number of guanidine groups is 1. The van der Waals surface area contributed by atoms with Gasteiger partial charge in [0.1, 0.15) is 5.01 Å². The quantitative estimate of drug-likeness (QED) is 0.492. The smallest absolute Gasteiger partial charge is 0.240 e. The highest BCUT2D eigenvalue weighted by atomic mass is 32.2. The molecule has 0 aliphatic rings. The van der Waals surface area contributed by atoms with E-state index >= 15 is 0 Å². The second kappa shape index (κ2) is 9.11. The van der Waals surface area contributed by atoms with Crippen LogP contribution in [0.3, 0.4) is 0 Å². The van der Waals surface area contributed by atoms with Crippen LogP contribution >= 0.6 is 11.3 Å². The molecular formula is C17H25N5O2S2. The minimum absolute atomic E-state index is 0.243. The van der Waals surface area contributed by atoms with Crippen LogP contribution in [0.2, 0.25) is 0 Å². The first-order valence-corrected chi connectivity index (χ1v) is 10.6. The van der Waals surface area contributed by atoms with E-state index in [1.54, 1.807) is 35.6 Å². The molecule has 0 saturated carbocycles. The van der Waals surface area contributed by atoms with E-state index in [1.165, 1.54) is 11.9 Å². The summed E-state index contributed by atoms with van der Waals surface area (Å²) in [4.78, 5) is 10.5. The molecule has 2 aromatic rings. The molecule has 26 heavy (non-hydrogen) atoms.